The van der Waals surface area contributed by atoms with E-state index < -0.39 is 29.8 Å². The first-order chi connectivity index (χ1) is 13.2. The second kappa shape index (κ2) is 9.14. The molecule has 2 aromatic rings. The third-order valence-corrected chi connectivity index (χ3v) is 4.84. The van der Waals surface area contributed by atoms with Gasteiger partial charge in [0.05, 0.1) is 5.56 Å². The molecular formula is C19H21N3O5S. The molecule has 0 bridgehead atoms. The Morgan fingerprint density at radius 3 is 2.50 bits per heavy atom. The van der Waals surface area contributed by atoms with Gasteiger partial charge in [0.25, 0.3) is 17.7 Å². The van der Waals surface area contributed by atoms with Crippen LogP contribution in [-0.4, -0.2) is 36.3 Å². The Morgan fingerprint density at radius 2 is 1.86 bits per heavy atom. The van der Waals surface area contributed by atoms with Gasteiger partial charge in [-0.2, -0.15) is 0 Å². The number of benzene rings is 1. The number of ether oxygens (including phenoxy) is 1. The largest absolute Gasteiger partial charge is 0.451 e. The maximum atomic E-state index is 12.1. The molecule has 0 saturated carbocycles. The topological polar surface area (TPSA) is 128 Å². The van der Waals surface area contributed by atoms with Crippen LogP contribution in [-0.2, 0) is 14.3 Å². The van der Waals surface area contributed by atoms with Gasteiger partial charge in [0.2, 0.25) is 0 Å². The van der Waals surface area contributed by atoms with Gasteiger partial charge in [-0.3, -0.25) is 19.2 Å². The Hall–Kier alpha value is -3.20. The lowest BCUT2D eigenvalue weighted by molar-refractivity contribution is -0.152. The number of carbonyl (C=O) groups excluding carboxylic acids is 4. The molecule has 1 aromatic carbocycles. The zero-order valence-electron chi connectivity index (χ0n) is 15.7. The number of rotatable bonds is 7. The Kier molecular flexibility index (Phi) is 6.89. The van der Waals surface area contributed by atoms with E-state index in [2.05, 4.69) is 10.6 Å². The Labute approximate surface area is 166 Å². The van der Waals surface area contributed by atoms with Crippen molar-refractivity contribution in [2.75, 3.05) is 11.9 Å². The Morgan fingerprint density at radius 1 is 1.14 bits per heavy atom. The van der Waals surface area contributed by atoms with Crippen LogP contribution in [0.1, 0.15) is 38.8 Å². The Bertz CT molecular complexity index is 922. The molecule has 0 spiro atoms. The molecule has 0 radical (unpaired) electrons. The number of thiophene rings is 1. The number of amides is 3. The predicted octanol–water partition coefficient (Wildman–Crippen LogP) is 1.76. The molecule has 9 heteroatoms. The molecule has 1 atom stereocenters. The third kappa shape index (κ3) is 5.40. The van der Waals surface area contributed by atoms with E-state index in [1.165, 1.54) is 13.0 Å². The molecule has 0 aliphatic rings. The summed E-state index contributed by atoms with van der Waals surface area (Å²) in [6.07, 6.45) is -1.12. The van der Waals surface area contributed by atoms with Crippen molar-refractivity contribution in [1.29, 1.82) is 0 Å². The molecule has 28 heavy (non-hydrogen) atoms. The fourth-order valence-corrected chi connectivity index (χ4v) is 3.04. The lowest BCUT2D eigenvalue weighted by atomic mass is 10.1. The van der Waals surface area contributed by atoms with Gasteiger partial charge in [0.1, 0.15) is 11.5 Å². The maximum absolute atomic E-state index is 12.1. The average Bonchev–Trinajstić information content (AvgIpc) is 3.10. The minimum Gasteiger partial charge on any atom is -0.451 e. The summed E-state index contributed by atoms with van der Waals surface area (Å²) in [4.78, 5) is 47.4. The monoisotopic (exact) mass is 403 g/mol. The molecule has 0 aliphatic carbocycles. The summed E-state index contributed by atoms with van der Waals surface area (Å²) in [5.41, 5.74) is 7.84. The van der Waals surface area contributed by atoms with Gasteiger partial charge < -0.3 is 21.1 Å². The molecular weight excluding hydrogens is 382 g/mol. The molecule has 148 valence electrons. The molecule has 8 nitrogen and oxygen atoms in total. The first-order valence-corrected chi connectivity index (χ1v) is 9.30. The summed E-state index contributed by atoms with van der Waals surface area (Å²) in [6, 6.07) is 6.70. The number of esters is 1. The highest BCUT2D eigenvalue weighted by Gasteiger charge is 2.21. The molecule has 3 amide bonds. The van der Waals surface area contributed by atoms with Crippen LogP contribution < -0.4 is 16.4 Å². The Balaban J connectivity index is 1.85. The van der Waals surface area contributed by atoms with Gasteiger partial charge in [0, 0.05) is 5.56 Å². The highest BCUT2D eigenvalue weighted by Crippen LogP contribution is 2.22. The van der Waals surface area contributed by atoms with Crippen molar-refractivity contribution >= 4 is 40.0 Å². The predicted molar refractivity (Wildman–Crippen MR) is 105 cm³/mol. The average molecular weight is 403 g/mol. The quantitative estimate of drug-likeness (QED) is 0.607. The van der Waals surface area contributed by atoms with Gasteiger partial charge >= 0.3 is 5.97 Å². The standard InChI is InChI=1S/C19H21N3O5S/c1-10-4-5-13(8-11(10)2)18(26)21-9-15(23)27-12(3)17(25)22-19-14(16(20)24)6-7-28-19/h4-8,12H,9H2,1-3H3,(H2,20,24)(H,21,26)(H,22,25)/t12-/m0/s1. The fourth-order valence-electron chi connectivity index (χ4n) is 2.24. The van der Waals surface area contributed by atoms with E-state index in [1.54, 1.807) is 17.5 Å². The minimum absolute atomic E-state index is 0.178. The van der Waals surface area contributed by atoms with Crippen molar-refractivity contribution in [3.63, 3.8) is 0 Å². The van der Waals surface area contributed by atoms with Crippen molar-refractivity contribution in [2.45, 2.75) is 26.9 Å². The number of anilines is 1. The van der Waals surface area contributed by atoms with Crippen LogP contribution in [0.3, 0.4) is 0 Å². The second-order valence-corrected chi connectivity index (χ2v) is 7.05. The van der Waals surface area contributed by atoms with Crippen molar-refractivity contribution in [3.8, 4) is 0 Å². The van der Waals surface area contributed by atoms with E-state index in [-0.39, 0.29) is 17.1 Å². The molecule has 0 aliphatic heterocycles. The lowest BCUT2D eigenvalue weighted by Crippen LogP contribution is -2.36. The first-order valence-electron chi connectivity index (χ1n) is 8.42. The molecule has 1 heterocycles. The summed E-state index contributed by atoms with van der Waals surface area (Å²) in [7, 11) is 0. The molecule has 0 saturated heterocycles. The van der Waals surface area contributed by atoms with E-state index in [9.17, 15) is 19.2 Å². The van der Waals surface area contributed by atoms with E-state index in [1.807, 2.05) is 19.9 Å². The second-order valence-electron chi connectivity index (χ2n) is 6.13. The smallest absolute Gasteiger partial charge is 0.326 e. The van der Waals surface area contributed by atoms with Gasteiger partial charge in [0.15, 0.2) is 6.10 Å². The number of hydrogen-bond donors (Lipinski definition) is 3. The summed E-state index contributed by atoms with van der Waals surface area (Å²) < 4.78 is 5.01. The van der Waals surface area contributed by atoms with E-state index in [0.717, 1.165) is 22.5 Å². The minimum atomic E-state index is -1.12. The summed E-state index contributed by atoms with van der Waals surface area (Å²) in [6.45, 7) is 4.83. The van der Waals surface area contributed by atoms with Crippen molar-refractivity contribution in [3.05, 3.63) is 51.9 Å². The van der Waals surface area contributed by atoms with Crippen LogP contribution >= 0.6 is 11.3 Å². The van der Waals surface area contributed by atoms with Crippen LogP contribution in [0.2, 0.25) is 0 Å². The van der Waals surface area contributed by atoms with Crippen molar-refractivity contribution in [2.24, 2.45) is 5.73 Å². The van der Waals surface area contributed by atoms with E-state index in [0.29, 0.717) is 5.56 Å². The highest BCUT2D eigenvalue weighted by atomic mass is 32.1. The van der Waals surface area contributed by atoms with Crippen LogP contribution in [0.4, 0.5) is 5.00 Å². The van der Waals surface area contributed by atoms with Crippen LogP contribution in [0.25, 0.3) is 0 Å². The third-order valence-electron chi connectivity index (χ3n) is 4.01. The zero-order chi connectivity index (χ0) is 20.8. The first kappa shape index (κ1) is 21.1. The van der Waals surface area contributed by atoms with Crippen LogP contribution in [0.5, 0.6) is 0 Å². The highest BCUT2D eigenvalue weighted by molar-refractivity contribution is 7.14. The van der Waals surface area contributed by atoms with Crippen LogP contribution in [0, 0.1) is 13.8 Å². The summed E-state index contributed by atoms with van der Waals surface area (Å²) >= 11 is 1.13. The lowest BCUT2D eigenvalue weighted by Gasteiger charge is -2.14. The maximum Gasteiger partial charge on any atom is 0.326 e. The van der Waals surface area contributed by atoms with E-state index >= 15 is 0 Å². The SMILES string of the molecule is Cc1ccc(C(=O)NCC(=O)O[C@@H](C)C(=O)Nc2sccc2C(N)=O)cc1C. The van der Waals surface area contributed by atoms with Gasteiger partial charge in [-0.25, -0.2) is 0 Å². The molecule has 1 aromatic heterocycles. The number of carbonyl (C=O) groups is 4. The molecule has 0 fully saturated rings. The summed E-state index contributed by atoms with van der Waals surface area (Å²) in [5, 5.41) is 6.84. The normalized spacial score (nSPS) is 11.4. The van der Waals surface area contributed by atoms with Gasteiger partial charge in [-0.15, -0.1) is 11.3 Å². The fraction of sp³-hybridized carbons (Fsp3) is 0.263. The number of primary amides is 1. The summed E-state index contributed by atoms with van der Waals surface area (Å²) in [5.74, 6) is -2.46. The van der Waals surface area contributed by atoms with Crippen molar-refractivity contribution < 1.29 is 23.9 Å². The number of hydrogen-bond acceptors (Lipinski definition) is 6. The number of aryl methyl sites for hydroxylation is 2. The molecule has 2 rings (SSSR count). The molecule has 4 N–H and O–H groups in total. The van der Waals surface area contributed by atoms with Crippen LogP contribution in [0.15, 0.2) is 29.6 Å². The van der Waals surface area contributed by atoms with Gasteiger partial charge in [-0.05, 0) is 55.5 Å². The number of nitrogens with one attached hydrogen (secondary N) is 2. The molecule has 0 unspecified atom stereocenters. The van der Waals surface area contributed by atoms with Crippen molar-refractivity contribution in [1.82, 2.24) is 5.32 Å². The number of nitrogens with two attached hydrogens (primary N) is 1. The zero-order valence-corrected chi connectivity index (χ0v) is 16.5. The van der Waals surface area contributed by atoms with E-state index in [4.69, 9.17) is 10.5 Å². The van der Waals surface area contributed by atoms with Gasteiger partial charge in [-0.1, -0.05) is 6.07 Å².